The molecule has 2 N–H and O–H groups in total. The van der Waals surface area contributed by atoms with E-state index in [1.165, 1.54) is 12.3 Å². The van der Waals surface area contributed by atoms with Crippen LogP contribution in [0.3, 0.4) is 0 Å². The van der Waals surface area contributed by atoms with Crippen molar-refractivity contribution in [2.75, 3.05) is 19.8 Å². The molecule has 100 valence electrons. The van der Waals surface area contributed by atoms with Crippen LogP contribution in [0.5, 0.6) is 11.5 Å². The summed E-state index contributed by atoms with van der Waals surface area (Å²) in [6.45, 7) is 5.22. The lowest BCUT2D eigenvalue weighted by molar-refractivity contribution is -0.128. The minimum absolute atomic E-state index is 0.162. The zero-order valence-corrected chi connectivity index (χ0v) is 10.7. The van der Waals surface area contributed by atoms with Gasteiger partial charge >= 0.3 is 0 Å². The van der Waals surface area contributed by atoms with Crippen molar-refractivity contribution in [1.82, 2.24) is 0 Å². The third-order valence-electron chi connectivity index (χ3n) is 2.24. The van der Waals surface area contributed by atoms with E-state index in [0.717, 1.165) is 0 Å². The van der Waals surface area contributed by atoms with Gasteiger partial charge in [0.05, 0.1) is 6.54 Å². The third-order valence-corrected chi connectivity index (χ3v) is 2.24. The maximum Gasteiger partial charge on any atom is 0.176 e. The van der Waals surface area contributed by atoms with Crippen LogP contribution in [0, 0.1) is 0 Å². The monoisotopic (exact) mass is 253 g/mol. The van der Waals surface area contributed by atoms with Gasteiger partial charge in [-0.25, -0.2) is 0 Å². The Bertz CT molecular complexity index is 387. The SMILES string of the molecule is CCOC(CN=Cc1cccc(O)c1O)OCC. The topological polar surface area (TPSA) is 71.3 Å². The fourth-order valence-corrected chi connectivity index (χ4v) is 1.42. The van der Waals surface area contributed by atoms with Crippen molar-refractivity contribution < 1.29 is 19.7 Å². The highest BCUT2D eigenvalue weighted by Gasteiger charge is 2.06. The lowest BCUT2D eigenvalue weighted by Gasteiger charge is -2.14. The standard InChI is InChI=1S/C13H19NO4/c1-3-17-12(18-4-2)9-14-8-10-6-5-7-11(15)13(10)16/h5-8,12,15-16H,3-4,9H2,1-2H3. The highest BCUT2D eigenvalue weighted by atomic mass is 16.7. The van der Waals surface area contributed by atoms with Gasteiger partial charge in [-0.2, -0.15) is 0 Å². The molecule has 0 saturated carbocycles. The second kappa shape index (κ2) is 7.68. The Hall–Kier alpha value is -1.59. The van der Waals surface area contributed by atoms with Crippen LogP contribution < -0.4 is 0 Å². The van der Waals surface area contributed by atoms with Gasteiger partial charge in [-0.1, -0.05) is 6.07 Å². The summed E-state index contributed by atoms with van der Waals surface area (Å²) in [6.07, 6.45) is 1.11. The molecular weight excluding hydrogens is 234 g/mol. The van der Waals surface area contributed by atoms with Crippen LogP contribution in [-0.4, -0.2) is 42.5 Å². The third kappa shape index (κ3) is 4.35. The van der Waals surface area contributed by atoms with Crippen molar-refractivity contribution in [3.63, 3.8) is 0 Å². The van der Waals surface area contributed by atoms with E-state index in [1.807, 2.05) is 13.8 Å². The molecule has 5 heteroatoms. The predicted molar refractivity (Wildman–Crippen MR) is 69.3 cm³/mol. The number of phenols is 2. The molecule has 0 aromatic heterocycles. The van der Waals surface area contributed by atoms with E-state index >= 15 is 0 Å². The first-order valence-corrected chi connectivity index (χ1v) is 5.93. The number of benzene rings is 1. The Kier molecular flexibility index (Phi) is 6.18. The fraction of sp³-hybridized carbons (Fsp3) is 0.462. The smallest absolute Gasteiger partial charge is 0.176 e. The number of para-hydroxylation sites is 1. The van der Waals surface area contributed by atoms with Crippen LogP contribution in [0.15, 0.2) is 23.2 Å². The first kappa shape index (κ1) is 14.5. The summed E-state index contributed by atoms with van der Waals surface area (Å²) in [5.41, 5.74) is 0.460. The Morgan fingerprint density at radius 1 is 1.22 bits per heavy atom. The minimum Gasteiger partial charge on any atom is -0.504 e. The van der Waals surface area contributed by atoms with Crippen molar-refractivity contribution in [2.24, 2.45) is 4.99 Å². The zero-order chi connectivity index (χ0) is 13.4. The van der Waals surface area contributed by atoms with E-state index < -0.39 is 0 Å². The Balaban J connectivity index is 2.60. The summed E-state index contributed by atoms with van der Waals surface area (Å²) in [6, 6.07) is 4.71. The molecule has 0 bridgehead atoms. The minimum atomic E-state index is -0.379. The molecule has 0 radical (unpaired) electrons. The van der Waals surface area contributed by atoms with E-state index in [2.05, 4.69) is 4.99 Å². The van der Waals surface area contributed by atoms with Gasteiger partial charge in [0.15, 0.2) is 17.8 Å². The zero-order valence-electron chi connectivity index (χ0n) is 10.7. The van der Waals surface area contributed by atoms with Crippen molar-refractivity contribution in [1.29, 1.82) is 0 Å². The molecule has 0 heterocycles. The molecular formula is C13H19NO4. The number of hydrogen-bond acceptors (Lipinski definition) is 5. The average Bonchev–Trinajstić information content (AvgIpc) is 2.35. The van der Waals surface area contributed by atoms with Crippen LogP contribution in [-0.2, 0) is 9.47 Å². The van der Waals surface area contributed by atoms with E-state index in [9.17, 15) is 10.2 Å². The van der Waals surface area contributed by atoms with Gasteiger partial charge in [0, 0.05) is 25.0 Å². The number of aromatic hydroxyl groups is 2. The predicted octanol–water partition coefficient (Wildman–Crippen LogP) is 1.92. The van der Waals surface area contributed by atoms with Crippen molar-refractivity contribution in [2.45, 2.75) is 20.1 Å². The van der Waals surface area contributed by atoms with Gasteiger partial charge in [0.1, 0.15) is 0 Å². The van der Waals surface area contributed by atoms with Gasteiger partial charge in [-0.05, 0) is 26.0 Å². The van der Waals surface area contributed by atoms with Crippen molar-refractivity contribution >= 4 is 6.21 Å². The molecule has 0 atom stereocenters. The van der Waals surface area contributed by atoms with Crippen LogP contribution in [0.4, 0.5) is 0 Å². The molecule has 0 unspecified atom stereocenters. The van der Waals surface area contributed by atoms with Crippen LogP contribution in [0.25, 0.3) is 0 Å². The van der Waals surface area contributed by atoms with Crippen molar-refractivity contribution in [3.05, 3.63) is 23.8 Å². The largest absolute Gasteiger partial charge is 0.504 e. The number of nitrogens with zero attached hydrogens (tertiary/aromatic N) is 1. The Morgan fingerprint density at radius 2 is 1.89 bits per heavy atom. The van der Waals surface area contributed by atoms with E-state index in [-0.39, 0.29) is 17.8 Å². The maximum absolute atomic E-state index is 9.57. The first-order valence-electron chi connectivity index (χ1n) is 5.93. The van der Waals surface area contributed by atoms with Crippen LogP contribution in [0.1, 0.15) is 19.4 Å². The molecule has 18 heavy (non-hydrogen) atoms. The molecule has 0 amide bonds. The van der Waals surface area contributed by atoms with Gasteiger partial charge in [-0.3, -0.25) is 4.99 Å². The molecule has 0 fully saturated rings. The van der Waals surface area contributed by atoms with Crippen molar-refractivity contribution in [3.8, 4) is 11.5 Å². The molecule has 5 nitrogen and oxygen atoms in total. The fourth-order valence-electron chi connectivity index (χ4n) is 1.42. The van der Waals surface area contributed by atoms with Crippen LogP contribution in [0.2, 0.25) is 0 Å². The number of aliphatic imine (C=N–C) groups is 1. The normalized spacial score (nSPS) is 11.5. The number of ether oxygens (including phenoxy) is 2. The highest BCUT2D eigenvalue weighted by Crippen LogP contribution is 2.26. The summed E-state index contributed by atoms with van der Waals surface area (Å²) >= 11 is 0. The summed E-state index contributed by atoms with van der Waals surface area (Å²) in [5.74, 6) is -0.337. The molecule has 1 rings (SSSR count). The molecule has 0 aliphatic heterocycles. The maximum atomic E-state index is 9.57. The quantitative estimate of drug-likeness (QED) is 0.442. The van der Waals surface area contributed by atoms with E-state index in [4.69, 9.17) is 9.47 Å². The van der Waals surface area contributed by atoms with Gasteiger partial charge in [0.2, 0.25) is 0 Å². The molecule has 1 aromatic carbocycles. The first-order chi connectivity index (χ1) is 8.69. The number of rotatable bonds is 7. The summed E-state index contributed by atoms with van der Waals surface area (Å²) < 4.78 is 10.7. The molecule has 0 saturated heterocycles. The summed E-state index contributed by atoms with van der Waals surface area (Å²) in [7, 11) is 0. The van der Waals surface area contributed by atoms with E-state index in [1.54, 1.807) is 12.1 Å². The van der Waals surface area contributed by atoms with Gasteiger partial charge in [0.25, 0.3) is 0 Å². The lowest BCUT2D eigenvalue weighted by atomic mass is 10.2. The van der Waals surface area contributed by atoms with Gasteiger partial charge in [-0.15, -0.1) is 0 Å². The Morgan fingerprint density at radius 3 is 2.50 bits per heavy atom. The van der Waals surface area contributed by atoms with E-state index in [0.29, 0.717) is 25.3 Å². The average molecular weight is 253 g/mol. The second-order valence-electron chi connectivity index (χ2n) is 3.55. The highest BCUT2D eigenvalue weighted by molar-refractivity contribution is 5.84. The van der Waals surface area contributed by atoms with Crippen LogP contribution >= 0.6 is 0 Å². The molecule has 0 aliphatic rings. The summed E-state index contributed by atoms with van der Waals surface area (Å²) in [5, 5.41) is 18.9. The Labute approximate surface area is 107 Å². The lowest BCUT2D eigenvalue weighted by Crippen LogP contribution is -2.20. The molecule has 0 spiro atoms. The van der Waals surface area contributed by atoms with Gasteiger partial charge < -0.3 is 19.7 Å². The number of hydrogen-bond donors (Lipinski definition) is 2. The second-order valence-corrected chi connectivity index (χ2v) is 3.55. The molecule has 1 aromatic rings. The number of phenolic OH excluding ortho intramolecular Hbond substituents is 2. The molecule has 0 aliphatic carbocycles. The summed E-state index contributed by atoms with van der Waals surface area (Å²) in [4.78, 5) is 4.14.